The molecule has 2 unspecified atom stereocenters. The SMILES string of the molecule is CCNC(C)c1cnc(C2CSCCS2)s1. The van der Waals surface area contributed by atoms with Gasteiger partial charge in [0.2, 0.25) is 0 Å². The van der Waals surface area contributed by atoms with E-state index in [1.807, 2.05) is 17.5 Å². The van der Waals surface area contributed by atoms with Crippen molar-refractivity contribution in [3.63, 3.8) is 0 Å². The molecule has 2 heterocycles. The molecule has 2 atom stereocenters. The van der Waals surface area contributed by atoms with Gasteiger partial charge in [-0.05, 0) is 13.5 Å². The third-order valence-electron chi connectivity index (χ3n) is 2.57. The third-order valence-corrected chi connectivity index (χ3v) is 6.78. The molecule has 0 spiro atoms. The lowest BCUT2D eigenvalue weighted by Crippen LogP contribution is -2.16. The molecular formula is C11H18N2S3. The zero-order chi connectivity index (χ0) is 11.4. The molecule has 1 fully saturated rings. The predicted molar refractivity (Wildman–Crippen MR) is 76.7 cm³/mol. The summed E-state index contributed by atoms with van der Waals surface area (Å²) in [7, 11) is 0. The van der Waals surface area contributed by atoms with Gasteiger partial charge in [-0.1, -0.05) is 6.92 Å². The molecule has 2 nitrogen and oxygen atoms in total. The molecule has 1 aromatic rings. The molecule has 1 aliphatic rings. The molecule has 2 rings (SSSR count). The summed E-state index contributed by atoms with van der Waals surface area (Å²) >= 11 is 6.00. The highest BCUT2D eigenvalue weighted by Gasteiger charge is 2.20. The number of hydrogen-bond donors (Lipinski definition) is 1. The lowest BCUT2D eigenvalue weighted by molar-refractivity contribution is 0.606. The number of aromatic nitrogens is 1. The summed E-state index contributed by atoms with van der Waals surface area (Å²) in [5.74, 6) is 3.80. The van der Waals surface area contributed by atoms with Gasteiger partial charge in [0.25, 0.3) is 0 Å². The van der Waals surface area contributed by atoms with Crippen LogP contribution in [0.15, 0.2) is 6.20 Å². The Hall–Kier alpha value is 0.290. The molecule has 0 aromatic carbocycles. The van der Waals surface area contributed by atoms with Gasteiger partial charge in [-0.15, -0.1) is 23.1 Å². The summed E-state index contributed by atoms with van der Waals surface area (Å²) in [5, 5.41) is 5.38. The van der Waals surface area contributed by atoms with E-state index in [0.29, 0.717) is 11.3 Å². The fraction of sp³-hybridized carbons (Fsp3) is 0.727. The van der Waals surface area contributed by atoms with Gasteiger partial charge in [-0.2, -0.15) is 11.8 Å². The average Bonchev–Trinajstić information content (AvgIpc) is 2.80. The van der Waals surface area contributed by atoms with Crippen LogP contribution in [-0.4, -0.2) is 28.8 Å². The van der Waals surface area contributed by atoms with Gasteiger partial charge in [0.05, 0.1) is 5.25 Å². The minimum Gasteiger partial charge on any atom is -0.310 e. The van der Waals surface area contributed by atoms with Gasteiger partial charge in [0.15, 0.2) is 0 Å². The van der Waals surface area contributed by atoms with Crippen LogP contribution in [-0.2, 0) is 0 Å². The van der Waals surface area contributed by atoms with Crippen LogP contribution >= 0.6 is 34.9 Å². The maximum absolute atomic E-state index is 4.59. The highest BCUT2D eigenvalue weighted by molar-refractivity contribution is 8.06. The van der Waals surface area contributed by atoms with Crippen molar-refractivity contribution in [3.05, 3.63) is 16.1 Å². The van der Waals surface area contributed by atoms with E-state index in [4.69, 9.17) is 0 Å². The first-order valence-electron chi connectivity index (χ1n) is 5.69. The molecule has 0 radical (unpaired) electrons. The average molecular weight is 274 g/mol. The molecule has 5 heteroatoms. The second-order valence-electron chi connectivity index (χ2n) is 3.81. The van der Waals surface area contributed by atoms with Crippen LogP contribution in [0.25, 0.3) is 0 Å². The smallest absolute Gasteiger partial charge is 0.107 e. The van der Waals surface area contributed by atoms with Crippen LogP contribution in [0, 0.1) is 0 Å². The first kappa shape index (κ1) is 12.7. The summed E-state index contributed by atoms with van der Waals surface area (Å²) < 4.78 is 0. The fourth-order valence-corrected chi connectivity index (χ4v) is 5.62. The maximum Gasteiger partial charge on any atom is 0.107 e. The molecule has 0 aliphatic carbocycles. The van der Waals surface area contributed by atoms with Crippen molar-refractivity contribution >= 4 is 34.9 Å². The third kappa shape index (κ3) is 3.15. The fourth-order valence-electron chi connectivity index (χ4n) is 1.69. The number of thiazole rings is 1. The normalized spacial score (nSPS) is 23.2. The van der Waals surface area contributed by atoms with E-state index in [1.165, 1.54) is 27.1 Å². The van der Waals surface area contributed by atoms with Crippen molar-refractivity contribution in [1.82, 2.24) is 10.3 Å². The molecule has 0 bridgehead atoms. The van der Waals surface area contributed by atoms with Crippen LogP contribution < -0.4 is 5.32 Å². The molecule has 0 amide bonds. The Labute approximate surface area is 110 Å². The summed E-state index contributed by atoms with van der Waals surface area (Å²) in [6.45, 7) is 5.37. The first-order valence-corrected chi connectivity index (χ1v) is 8.71. The van der Waals surface area contributed by atoms with E-state index in [2.05, 4.69) is 47.7 Å². The largest absolute Gasteiger partial charge is 0.310 e. The van der Waals surface area contributed by atoms with Crippen molar-refractivity contribution in [2.45, 2.75) is 25.1 Å². The van der Waals surface area contributed by atoms with Crippen molar-refractivity contribution in [2.75, 3.05) is 23.8 Å². The summed E-state index contributed by atoms with van der Waals surface area (Å²) in [4.78, 5) is 5.96. The van der Waals surface area contributed by atoms with E-state index in [-0.39, 0.29) is 0 Å². The molecule has 1 aromatic heterocycles. The van der Waals surface area contributed by atoms with Crippen molar-refractivity contribution in [1.29, 1.82) is 0 Å². The van der Waals surface area contributed by atoms with Crippen molar-refractivity contribution < 1.29 is 0 Å². The topological polar surface area (TPSA) is 24.9 Å². The van der Waals surface area contributed by atoms with E-state index in [9.17, 15) is 0 Å². The number of hydrogen-bond acceptors (Lipinski definition) is 5. The number of thioether (sulfide) groups is 2. The Balaban J connectivity index is 2.00. The van der Waals surface area contributed by atoms with Crippen LogP contribution in [0.2, 0.25) is 0 Å². The molecule has 1 aliphatic heterocycles. The Morgan fingerprint density at radius 2 is 2.44 bits per heavy atom. The standard InChI is InChI=1S/C11H18N2S3/c1-3-12-8(2)9-6-13-11(16-9)10-7-14-4-5-15-10/h6,8,10,12H,3-5,7H2,1-2H3. The predicted octanol–water partition coefficient (Wildman–Crippen LogP) is 3.33. The number of nitrogens with zero attached hydrogens (tertiary/aromatic N) is 1. The Kier molecular flexibility index (Phi) is 5.00. The maximum atomic E-state index is 4.59. The van der Waals surface area contributed by atoms with Gasteiger partial charge < -0.3 is 5.32 Å². The van der Waals surface area contributed by atoms with Gasteiger partial charge in [-0.25, -0.2) is 4.98 Å². The highest BCUT2D eigenvalue weighted by atomic mass is 32.2. The van der Waals surface area contributed by atoms with Crippen LogP contribution in [0.1, 0.15) is 35.0 Å². The van der Waals surface area contributed by atoms with E-state index in [0.717, 1.165) is 6.54 Å². The molecule has 1 saturated heterocycles. The Morgan fingerprint density at radius 1 is 1.56 bits per heavy atom. The van der Waals surface area contributed by atoms with Crippen LogP contribution in [0.3, 0.4) is 0 Å². The van der Waals surface area contributed by atoms with Crippen LogP contribution in [0.4, 0.5) is 0 Å². The summed E-state index contributed by atoms with van der Waals surface area (Å²) in [6.07, 6.45) is 2.05. The monoisotopic (exact) mass is 274 g/mol. The second-order valence-corrected chi connectivity index (χ2v) is 7.37. The Morgan fingerprint density at radius 3 is 3.12 bits per heavy atom. The van der Waals surface area contributed by atoms with E-state index >= 15 is 0 Å². The van der Waals surface area contributed by atoms with Crippen molar-refractivity contribution in [3.8, 4) is 0 Å². The van der Waals surface area contributed by atoms with Gasteiger partial charge in [0, 0.05) is 34.4 Å². The quantitative estimate of drug-likeness (QED) is 0.910. The summed E-state index contributed by atoms with van der Waals surface area (Å²) in [5.41, 5.74) is 0. The first-order chi connectivity index (χ1) is 7.81. The van der Waals surface area contributed by atoms with Gasteiger partial charge in [-0.3, -0.25) is 0 Å². The zero-order valence-corrected chi connectivity index (χ0v) is 12.2. The minimum atomic E-state index is 0.442. The highest BCUT2D eigenvalue weighted by Crippen LogP contribution is 2.39. The van der Waals surface area contributed by atoms with Crippen molar-refractivity contribution in [2.24, 2.45) is 0 Å². The minimum absolute atomic E-state index is 0.442. The molecular weight excluding hydrogens is 256 g/mol. The molecule has 16 heavy (non-hydrogen) atoms. The number of nitrogens with one attached hydrogen (secondary N) is 1. The second kappa shape index (κ2) is 6.28. The van der Waals surface area contributed by atoms with E-state index < -0.39 is 0 Å². The zero-order valence-electron chi connectivity index (χ0n) is 9.73. The lowest BCUT2D eigenvalue weighted by atomic mass is 10.3. The number of rotatable bonds is 4. The molecule has 90 valence electrons. The Bertz CT molecular complexity index is 321. The van der Waals surface area contributed by atoms with E-state index in [1.54, 1.807) is 0 Å². The van der Waals surface area contributed by atoms with Gasteiger partial charge in [0.1, 0.15) is 5.01 Å². The lowest BCUT2D eigenvalue weighted by Gasteiger charge is -2.18. The van der Waals surface area contributed by atoms with Gasteiger partial charge >= 0.3 is 0 Å². The molecule has 1 N–H and O–H groups in total. The molecule has 0 saturated carbocycles. The summed E-state index contributed by atoms with van der Waals surface area (Å²) in [6, 6.07) is 0.442. The van der Waals surface area contributed by atoms with Crippen LogP contribution in [0.5, 0.6) is 0 Å².